The SMILES string of the molecule is C=CCNC(=NCC1CCS(=O)(=O)C1)NC1CCOC2(CCCC2)C1.I. The van der Waals surface area contributed by atoms with Gasteiger partial charge in [-0.3, -0.25) is 4.99 Å². The summed E-state index contributed by atoms with van der Waals surface area (Å²) in [7, 11) is -2.85. The fourth-order valence-electron chi connectivity index (χ4n) is 4.27. The summed E-state index contributed by atoms with van der Waals surface area (Å²) >= 11 is 0. The van der Waals surface area contributed by atoms with E-state index in [2.05, 4.69) is 22.2 Å². The lowest BCUT2D eigenvalue weighted by Crippen LogP contribution is -2.50. The Morgan fingerprint density at radius 2 is 2.08 bits per heavy atom. The molecule has 3 aliphatic rings. The highest BCUT2D eigenvalue weighted by Gasteiger charge is 2.40. The summed E-state index contributed by atoms with van der Waals surface area (Å²) in [6.07, 6.45) is 9.39. The van der Waals surface area contributed by atoms with Crippen molar-refractivity contribution < 1.29 is 13.2 Å². The van der Waals surface area contributed by atoms with Gasteiger partial charge in [-0.2, -0.15) is 0 Å². The van der Waals surface area contributed by atoms with E-state index in [1.165, 1.54) is 12.8 Å². The van der Waals surface area contributed by atoms with Crippen LogP contribution in [0.1, 0.15) is 44.9 Å². The summed E-state index contributed by atoms with van der Waals surface area (Å²) in [5, 5.41) is 6.82. The molecule has 2 unspecified atom stereocenters. The Bertz CT molecular complexity index is 603. The topological polar surface area (TPSA) is 79.8 Å². The number of halogens is 1. The van der Waals surface area contributed by atoms with Crippen molar-refractivity contribution in [2.75, 3.05) is 31.2 Å². The summed E-state index contributed by atoms with van der Waals surface area (Å²) in [5.41, 5.74) is 0.0684. The first kappa shape index (κ1) is 21.9. The molecule has 0 aromatic heterocycles. The zero-order valence-electron chi connectivity index (χ0n) is 15.4. The van der Waals surface area contributed by atoms with Crippen molar-refractivity contribution in [1.29, 1.82) is 0 Å². The van der Waals surface area contributed by atoms with Crippen molar-refractivity contribution in [3.63, 3.8) is 0 Å². The summed E-state index contributed by atoms with van der Waals surface area (Å²) in [6.45, 7) is 5.75. The third-order valence-electron chi connectivity index (χ3n) is 5.60. The van der Waals surface area contributed by atoms with Crippen molar-refractivity contribution in [1.82, 2.24) is 10.6 Å². The van der Waals surface area contributed by atoms with E-state index in [-0.39, 0.29) is 41.2 Å². The van der Waals surface area contributed by atoms with Crippen molar-refractivity contribution in [2.24, 2.45) is 10.9 Å². The molecule has 0 bridgehead atoms. The molecule has 2 heterocycles. The van der Waals surface area contributed by atoms with E-state index in [0.717, 1.165) is 44.7 Å². The lowest BCUT2D eigenvalue weighted by molar-refractivity contribution is -0.0815. The summed E-state index contributed by atoms with van der Waals surface area (Å²) in [4.78, 5) is 4.66. The lowest BCUT2D eigenvalue weighted by atomic mass is 9.89. The average molecular weight is 497 g/mol. The quantitative estimate of drug-likeness (QED) is 0.264. The van der Waals surface area contributed by atoms with E-state index in [9.17, 15) is 8.42 Å². The molecule has 26 heavy (non-hydrogen) atoms. The zero-order chi connectivity index (χ0) is 17.8. The first-order chi connectivity index (χ1) is 12.0. The van der Waals surface area contributed by atoms with E-state index in [0.29, 0.717) is 24.9 Å². The summed E-state index contributed by atoms with van der Waals surface area (Å²) < 4.78 is 29.3. The second-order valence-electron chi connectivity index (χ2n) is 7.70. The van der Waals surface area contributed by atoms with E-state index in [4.69, 9.17) is 4.74 Å². The van der Waals surface area contributed by atoms with Crippen molar-refractivity contribution in [3.8, 4) is 0 Å². The number of nitrogens with zero attached hydrogens (tertiary/aromatic N) is 1. The Hall–Kier alpha value is -0.350. The van der Waals surface area contributed by atoms with Gasteiger partial charge in [-0.05, 0) is 38.0 Å². The van der Waals surface area contributed by atoms with Crippen LogP contribution in [0.25, 0.3) is 0 Å². The van der Waals surface area contributed by atoms with Crippen molar-refractivity contribution in [2.45, 2.75) is 56.6 Å². The Kier molecular flexibility index (Phi) is 8.21. The molecule has 2 aliphatic heterocycles. The van der Waals surface area contributed by atoms with Gasteiger partial charge in [-0.15, -0.1) is 30.6 Å². The van der Waals surface area contributed by atoms with E-state index >= 15 is 0 Å². The van der Waals surface area contributed by atoms with Gasteiger partial charge in [0.2, 0.25) is 0 Å². The number of hydrogen-bond donors (Lipinski definition) is 2. The molecule has 0 aromatic rings. The van der Waals surface area contributed by atoms with Crippen molar-refractivity contribution >= 4 is 39.8 Å². The van der Waals surface area contributed by atoms with Gasteiger partial charge < -0.3 is 15.4 Å². The van der Waals surface area contributed by atoms with Gasteiger partial charge in [-0.1, -0.05) is 18.9 Å². The van der Waals surface area contributed by atoms with Gasteiger partial charge >= 0.3 is 0 Å². The number of aliphatic imine (C=N–C) groups is 1. The molecule has 0 aromatic carbocycles. The highest BCUT2D eigenvalue weighted by atomic mass is 127. The van der Waals surface area contributed by atoms with Crippen molar-refractivity contribution in [3.05, 3.63) is 12.7 Å². The second-order valence-corrected chi connectivity index (χ2v) is 9.93. The zero-order valence-corrected chi connectivity index (χ0v) is 18.6. The standard InChI is InChI=1S/C18H31N3O3S.HI/c1-2-9-19-17(20-13-15-6-11-25(22,23)14-15)21-16-5-10-24-18(12-16)7-3-4-8-18;/h2,15-16H,1,3-14H2,(H2,19,20,21);1H. The number of rotatable bonds is 5. The van der Waals surface area contributed by atoms with Gasteiger partial charge in [0.05, 0.1) is 17.1 Å². The molecule has 2 atom stereocenters. The fraction of sp³-hybridized carbons (Fsp3) is 0.833. The Morgan fingerprint density at radius 3 is 2.73 bits per heavy atom. The van der Waals surface area contributed by atoms with E-state index in [1.807, 2.05) is 0 Å². The highest BCUT2D eigenvalue weighted by molar-refractivity contribution is 14.0. The normalized spacial score (nSPS) is 29.9. The largest absolute Gasteiger partial charge is 0.375 e. The summed E-state index contributed by atoms with van der Waals surface area (Å²) in [5.74, 6) is 1.48. The van der Waals surface area contributed by atoms with E-state index < -0.39 is 9.84 Å². The Balaban J connectivity index is 0.00000243. The molecular formula is C18H32IN3O3S. The van der Waals surface area contributed by atoms with Crippen LogP contribution in [0.3, 0.4) is 0 Å². The molecular weight excluding hydrogens is 465 g/mol. The lowest BCUT2D eigenvalue weighted by Gasteiger charge is -2.39. The Morgan fingerprint density at radius 1 is 1.31 bits per heavy atom. The van der Waals surface area contributed by atoms with Crippen LogP contribution in [0.5, 0.6) is 0 Å². The van der Waals surface area contributed by atoms with Gasteiger partial charge in [0, 0.05) is 25.7 Å². The van der Waals surface area contributed by atoms with Gasteiger partial charge in [0.1, 0.15) is 0 Å². The van der Waals surface area contributed by atoms with Crippen LogP contribution in [-0.4, -0.2) is 57.2 Å². The molecule has 2 N–H and O–H groups in total. The number of guanidine groups is 1. The minimum atomic E-state index is -2.85. The maximum Gasteiger partial charge on any atom is 0.191 e. The first-order valence-corrected chi connectivity index (χ1v) is 11.3. The number of hydrogen-bond acceptors (Lipinski definition) is 4. The highest BCUT2D eigenvalue weighted by Crippen LogP contribution is 2.39. The number of ether oxygens (including phenoxy) is 1. The molecule has 8 heteroatoms. The Labute approximate surface area is 174 Å². The molecule has 3 rings (SSSR count). The van der Waals surface area contributed by atoms with Crippen LogP contribution < -0.4 is 10.6 Å². The van der Waals surface area contributed by atoms with Gasteiger partial charge in [0.25, 0.3) is 0 Å². The molecule has 6 nitrogen and oxygen atoms in total. The minimum absolute atomic E-state index is 0. The molecule has 3 fully saturated rings. The number of sulfone groups is 1. The molecule has 1 aliphatic carbocycles. The third-order valence-corrected chi connectivity index (χ3v) is 7.43. The van der Waals surface area contributed by atoms with Crippen LogP contribution >= 0.6 is 24.0 Å². The van der Waals surface area contributed by atoms with Crippen LogP contribution in [0.15, 0.2) is 17.6 Å². The molecule has 1 saturated carbocycles. The monoisotopic (exact) mass is 497 g/mol. The van der Waals surface area contributed by atoms with E-state index in [1.54, 1.807) is 6.08 Å². The second kappa shape index (κ2) is 9.73. The minimum Gasteiger partial charge on any atom is -0.375 e. The predicted molar refractivity (Wildman–Crippen MR) is 116 cm³/mol. The average Bonchev–Trinajstić information content (AvgIpc) is 3.16. The number of nitrogens with one attached hydrogen (secondary N) is 2. The maximum atomic E-state index is 11.6. The predicted octanol–water partition coefficient (Wildman–Crippen LogP) is 2.25. The van der Waals surface area contributed by atoms with Gasteiger partial charge in [-0.25, -0.2) is 8.42 Å². The van der Waals surface area contributed by atoms with Crippen LogP contribution in [0.2, 0.25) is 0 Å². The van der Waals surface area contributed by atoms with Crippen LogP contribution in [0.4, 0.5) is 0 Å². The molecule has 1 spiro atoms. The summed E-state index contributed by atoms with van der Waals surface area (Å²) in [6, 6.07) is 0.357. The van der Waals surface area contributed by atoms with Crippen LogP contribution in [-0.2, 0) is 14.6 Å². The smallest absolute Gasteiger partial charge is 0.191 e. The molecule has 2 saturated heterocycles. The maximum absolute atomic E-state index is 11.6. The molecule has 0 radical (unpaired) electrons. The van der Waals surface area contributed by atoms with Crippen LogP contribution in [0, 0.1) is 5.92 Å². The first-order valence-electron chi connectivity index (χ1n) is 9.50. The molecule has 0 amide bonds. The van der Waals surface area contributed by atoms with Gasteiger partial charge in [0.15, 0.2) is 15.8 Å². The third kappa shape index (κ3) is 6.09. The fourth-order valence-corrected chi connectivity index (χ4v) is 6.12. The molecule has 150 valence electrons.